The van der Waals surface area contributed by atoms with Crippen LogP contribution in [0.25, 0.3) is 0 Å². The van der Waals surface area contributed by atoms with Gasteiger partial charge in [0.05, 0.1) is 10.5 Å². The second-order valence-electron chi connectivity index (χ2n) is 4.22. The normalized spacial score (nSPS) is 12.5. The molecule has 1 atom stereocenters. The molecule has 2 aromatic rings. The highest BCUT2D eigenvalue weighted by molar-refractivity contribution is 9.10. The highest BCUT2D eigenvalue weighted by Crippen LogP contribution is 2.31. The van der Waals surface area contributed by atoms with Gasteiger partial charge in [-0.25, -0.2) is 13.2 Å². The summed E-state index contributed by atoms with van der Waals surface area (Å²) in [5, 5.41) is 0. The van der Waals surface area contributed by atoms with Crippen LogP contribution >= 0.6 is 15.9 Å². The standard InChI is InChI=1S/C14H11BrF3N/c1-7-5-6-9(13(18)12(7)17)14(19)8-3-2-4-10(16)11(8)15/h2-6,14H,19H2,1H3. The van der Waals surface area contributed by atoms with Crippen molar-refractivity contribution >= 4 is 15.9 Å². The molecule has 1 nitrogen and oxygen atoms in total. The minimum absolute atomic E-state index is 0.00519. The van der Waals surface area contributed by atoms with Gasteiger partial charge in [-0.05, 0) is 40.0 Å². The summed E-state index contributed by atoms with van der Waals surface area (Å²) in [4.78, 5) is 0. The van der Waals surface area contributed by atoms with Crippen LogP contribution in [0.5, 0.6) is 0 Å². The average molecular weight is 330 g/mol. The molecule has 0 heterocycles. The van der Waals surface area contributed by atoms with Crippen molar-refractivity contribution in [3.05, 3.63) is 68.9 Å². The molecule has 0 spiro atoms. The summed E-state index contributed by atoms with van der Waals surface area (Å²) in [6.45, 7) is 1.46. The molecular formula is C14H11BrF3N. The Labute approximate surface area is 117 Å². The summed E-state index contributed by atoms with van der Waals surface area (Å²) >= 11 is 3.06. The van der Waals surface area contributed by atoms with Crippen molar-refractivity contribution in [2.75, 3.05) is 0 Å². The molecule has 0 aromatic heterocycles. The molecule has 2 N–H and O–H groups in total. The fourth-order valence-corrected chi connectivity index (χ4v) is 2.34. The molecule has 0 amide bonds. The Balaban J connectivity index is 2.53. The Bertz CT molecular complexity index is 628. The van der Waals surface area contributed by atoms with Crippen LogP contribution in [0.4, 0.5) is 13.2 Å². The van der Waals surface area contributed by atoms with Crippen molar-refractivity contribution in [2.45, 2.75) is 13.0 Å². The Morgan fingerprint density at radius 1 is 1.00 bits per heavy atom. The highest BCUT2D eigenvalue weighted by Gasteiger charge is 2.20. The van der Waals surface area contributed by atoms with Crippen LogP contribution in [0.2, 0.25) is 0 Å². The van der Waals surface area contributed by atoms with Gasteiger partial charge in [0, 0.05) is 5.56 Å². The predicted molar refractivity (Wildman–Crippen MR) is 71.2 cm³/mol. The second-order valence-corrected chi connectivity index (χ2v) is 5.01. The van der Waals surface area contributed by atoms with Crippen LogP contribution in [-0.4, -0.2) is 0 Å². The summed E-state index contributed by atoms with van der Waals surface area (Å²) in [6.07, 6.45) is 0. The lowest BCUT2D eigenvalue weighted by molar-refractivity contribution is 0.489. The molecule has 0 fully saturated rings. The van der Waals surface area contributed by atoms with Crippen molar-refractivity contribution in [1.29, 1.82) is 0 Å². The smallest absolute Gasteiger partial charge is 0.164 e. The first-order valence-corrected chi connectivity index (χ1v) is 6.36. The molecule has 5 heteroatoms. The Morgan fingerprint density at radius 3 is 2.37 bits per heavy atom. The number of halogens is 4. The third-order valence-electron chi connectivity index (χ3n) is 2.96. The van der Waals surface area contributed by atoms with Crippen molar-refractivity contribution in [3.63, 3.8) is 0 Å². The fraction of sp³-hybridized carbons (Fsp3) is 0.143. The van der Waals surface area contributed by atoms with Gasteiger partial charge in [-0.3, -0.25) is 0 Å². The molecular weight excluding hydrogens is 319 g/mol. The maximum atomic E-state index is 13.9. The molecule has 0 aliphatic heterocycles. The number of rotatable bonds is 2. The molecule has 0 aliphatic carbocycles. The van der Waals surface area contributed by atoms with Gasteiger partial charge < -0.3 is 5.73 Å². The van der Waals surface area contributed by atoms with Gasteiger partial charge in [0.2, 0.25) is 0 Å². The third-order valence-corrected chi connectivity index (χ3v) is 3.79. The fourth-order valence-electron chi connectivity index (χ4n) is 1.83. The van der Waals surface area contributed by atoms with E-state index in [0.717, 1.165) is 0 Å². The van der Waals surface area contributed by atoms with Gasteiger partial charge in [0.25, 0.3) is 0 Å². The molecule has 0 saturated heterocycles. The van der Waals surface area contributed by atoms with Crippen LogP contribution < -0.4 is 5.73 Å². The number of hydrogen-bond donors (Lipinski definition) is 1. The average Bonchev–Trinajstić information content (AvgIpc) is 2.39. The summed E-state index contributed by atoms with van der Waals surface area (Å²) < 4.78 is 41.0. The number of hydrogen-bond acceptors (Lipinski definition) is 1. The molecule has 0 aliphatic rings. The Morgan fingerprint density at radius 2 is 1.68 bits per heavy atom. The number of nitrogens with two attached hydrogens (primary N) is 1. The zero-order valence-corrected chi connectivity index (χ0v) is 11.6. The van der Waals surface area contributed by atoms with Crippen LogP contribution in [0.1, 0.15) is 22.7 Å². The van der Waals surface area contributed by atoms with E-state index in [1.807, 2.05) is 0 Å². The first-order chi connectivity index (χ1) is 8.93. The van der Waals surface area contributed by atoms with Crippen LogP contribution in [0, 0.1) is 24.4 Å². The molecule has 0 bridgehead atoms. The topological polar surface area (TPSA) is 26.0 Å². The Hall–Kier alpha value is -1.33. The van der Waals surface area contributed by atoms with Crippen LogP contribution in [-0.2, 0) is 0 Å². The van der Waals surface area contributed by atoms with E-state index in [0.29, 0.717) is 5.56 Å². The van der Waals surface area contributed by atoms with E-state index in [-0.39, 0.29) is 15.6 Å². The molecule has 0 saturated carbocycles. The van der Waals surface area contributed by atoms with Crippen molar-refractivity contribution in [3.8, 4) is 0 Å². The van der Waals surface area contributed by atoms with Gasteiger partial charge in [0.15, 0.2) is 11.6 Å². The molecule has 1 unspecified atom stereocenters. The minimum atomic E-state index is -0.997. The molecule has 2 rings (SSSR count). The van der Waals surface area contributed by atoms with E-state index < -0.39 is 23.5 Å². The molecule has 100 valence electrons. The van der Waals surface area contributed by atoms with Gasteiger partial charge in [0.1, 0.15) is 5.82 Å². The molecule has 0 radical (unpaired) electrons. The van der Waals surface area contributed by atoms with Crippen molar-refractivity contribution in [2.24, 2.45) is 5.73 Å². The monoisotopic (exact) mass is 329 g/mol. The summed E-state index contributed by atoms with van der Waals surface area (Å²) in [5.74, 6) is -2.43. The lowest BCUT2D eigenvalue weighted by Crippen LogP contribution is -2.15. The summed E-state index contributed by atoms with van der Waals surface area (Å²) in [7, 11) is 0. The van der Waals surface area contributed by atoms with E-state index in [4.69, 9.17) is 5.73 Å². The minimum Gasteiger partial charge on any atom is -0.320 e. The second kappa shape index (κ2) is 5.35. The quantitative estimate of drug-likeness (QED) is 0.876. The van der Waals surface area contributed by atoms with Gasteiger partial charge in [-0.1, -0.05) is 24.3 Å². The van der Waals surface area contributed by atoms with Gasteiger partial charge >= 0.3 is 0 Å². The summed E-state index contributed by atoms with van der Waals surface area (Å²) in [5.41, 5.74) is 6.46. The number of aryl methyl sites for hydroxylation is 1. The molecule has 2 aromatic carbocycles. The van der Waals surface area contributed by atoms with Crippen molar-refractivity contribution < 1.29 is 13.2 Å². The zero-order chi connectivity index (χ0) is 14.2. The van der Waals surface area contributed by atoms with E-state index in [9.17, 15) is 13.2 Å². The van der Waals surface area contributed by atoms with Crippen molar-refractivity contribution in [1.82, 2.24) is 0 Å². The number of benzene rings is 2. The van der Waals surface area contributed by atoms with Gasteiger partial charge in [-0.15, -0.1) is 0 Å². The largest absolute Gasteiger partial charge is 0.320 e. The first kappa shape index (κ1) is 14.1. The van der Waals surface area contributed by atoms with Crippen LogP contribution in [0.15, 0.2) is 34.8 Å². The maximum absolute atomic E-state index is 13.9. The third kappa shape index (κ3) is 2.53. The maximum Gasteiger partial charge on any atom is 0.164 e. The Kier molecular flexibility index (Phi) is 3.96. The lowest BCUT2D eigenvalue weighted by Gasteiger charge is -2.16. The first-order valence-electron chi connectivity index (χ1n) is 5.57. The zero-order valence-electron chi connectivity index (χ0n) is 10.1. The van der Waals surface area contributed by atoms with Crippen LogP contribution in [0.3, 0.4) is 0 Å². The van der Waals surface area contributed by atoms with E-state index in [2.05, 4.69) is 15.9 Å². The lowest BCUT2D eigenvalue weighted by atomic mass is 9.97. The van der Waals surface area contributed by atoms with E-state index in [1.54, 1.807) is 6.07 Å². The highest BCUT2D eigenvalue weighted by atomic mass is 79.9. The SMILES string of the molecule is Cc1ccc(C(N)c2cccc(F)c2Br)c(F)c1F. The molecule has 19 heavy (non-hydrogen) atoms. The predicted octanol–water partition coefficient (Wildman–Crippen LogP) is 4.22. The van der Waals surface area contributed by atoms with E-state index >= 15 is 0 Å². The summed E-state index contributed by atoms with van der Waals surface area (Å²) in [6, 6.07) is 6.20. The van der Waals surface area contributed by atoms with E-state index in [1.165, 1.54) is 31.2 Å². The van der Waals surface area contributed by atoms with Gasteiger partial charge in [-0.2, -0.15) is 0 Å².